The molecule has 98 valence electrons. The molecule has 0 radical (unpaired) electrons. The van der Waals surface area contributed by atoms with Crippen LogP contribution in [-0.4, -0.2) is 30.4 Å². The Kier molecular flexibility index (Phi) is 4.76. The topological polar surface area (TPSA) is 32.3 Å². The molecule has 3 nitrogen and oxygen atoms in total. The Morgan fingerprint density at radius 1 is 1.39 bits per heavy atom. The van der Waals surface area contributed by atoms with Crippen LogP contribution in [0.3, 0.4) is 0 Å². The summed E-state index contributed by atoms with van der Waals surface area (Å²) in [7, 11) is 0. The second kappa shape index (κ2) is 6.55. The largest absolute Gasteiger partial charge is 0.341 e. The summed E-state index contributed by atoms with van der Waals surface area (Å²) >= 11 is 0. The predicted octanol–water partition coefficient (Wildman–Crippen LogP) is 2.35. The van der Waals surface area contributed by atoms with Crippen LogP contribution >= 0.6 is 0 Å². The molecule has 1 atom stereocenters. The lowest BCUT2D eigenvalue weighted by Gasteiger charge is -2.24. The zero-order valence-electron chi connectivity index (χ0n) is 11.1. The standard InChI is InChI=1S/C15H22N2O/c1-2-7-15(18)17-11-6-10-16-14(12-17)13-8-4-3-5-9-13/h3-5,8-9,14,16H,2,6-7,10-12H2,1H3. The molecule has 1 saturated heterocycles. The van der Waals surface area contributed by atoms with Crippen LogP contribution in [0.2, 0.25) is 0 Å². The Balaban J connectivity index is 2.06. The molecule has 0 aliphatic carbocycles. The lowest BCUT2D eigenvalue weighted by molar-refractivity contribution is -0.131. The molecule has 18 heavy (non-hydrogen) atoms. The lowest BCUT2D eigenvalue weighted by atomic mass is 10.1. The van der Waals surface area contributed by atoms with Gasteiger partial charge < -0.3 is 10.2 Å². The predicted molar refractivity (Wildman–Crippen MR) is 73.3 cm³/mol. The van der Waals surface area contributed by atoms with Gasteiger partial charge in [-0.2, -0.15) is 0 Å². The Morgan fingerprint density at radius 2 is 2.17 bits per heavy atom. The van der Waals surface area contributed by atoms with E-state index in [-0.39, 0.29) is 6.04 Å². The van der Waals surface area contributed by atoms with Crippen molar-refractivity contribution < 1.29 is 4.79 Å². The molecular formula is C15H22N2O. The summed E-state index contributed by atoms with van der Waals surface area (Å²) < 4.78 is 0. The third-order valence-corrected chi connectivity index (χ3v) is 3.42. The van der Waals surface area contributed by atoms with E-state index in [2.05, 4.69) is 36.5 Å². The van der Waals surface area contributed by atoms with Crippen LogP contribution in [0.4, 0.5) is 0 Å². The summed E-state index contributed by atoms with van der Waals surface area (Å²) in [6.07, 6.45) is 2.64. The number of hydrogen-bond acceptors (Lipinski definition) is 2. The number of nitrogens with one attached hydrogen (secondary N) is 1. The number of benzene rings is 1. The van der Waals surface area contributed by atoms with E-state index in [0.29, 0.717) is 12.3 Å². The molecule has 3 heteroatoms. The first-order valence-electron chi connectivity index (χ1n) is 6.87. The maximum Gasteiger partial charge on any atom is 0.222 e. The highest BCUT2D eigenvalue weighted by molar-refractivity contribution is 5.76. The van der Waals surface area contributed by atoms with Gasteiger partial charge in [0.2, 0.25) is 5.91 Å². The van der Waals surface area contributed by atoms with Gasteiger partial charge in [0.05, 0.1) is 0 Å². The molecule has 0 spiro atoms. The minimum Gasteiger partial charge on any atom is -0.341 e. The molecule has 1 unspecified atom stereocenters. The van der Waals surface area contributed by atoms with E-state index in [1.807, 2.05) is 11.0 Å². The molecule has 2 rings (SSSR count). The van der Waals surface area contributed by atoms with Gasteiger partial charge >= 0.3 is 0 Å². The van der Waals surface area contributed by atoms with Crippen LogP contribution < -0.4 is 5.32 Å². The van der Waals surface area contributed by atoms with E-state index in [4.69, 9.17) is 0 Å². The number of nitrogens with zero attached hydrogens (tertiary/aromatic N) is 1. The van der Waals surface area contributed by atoms with Crippen LogP contribution in [0.5, 0.6) is 0 Å². The molecule has 1 aliphatic heterocycles. The second-order valence-electron chi connectivity index (χ2n) is 4.86. The van der Waals surface area contributed by atoms with Crippen molar-refractivity contribution in [3.05, 3.63) is 35.9 Å². The van der Waals surface area contributed by atoms with Gasteiger partial charge in [-0.15, -0.1) is 0 Å². The number of rotatable bonds is 3. The fourth-order valence-electron chi connectivity index (χ4n) is 2.43. The zero-order chi connectivity index (χ0) is 12.8. The fourth-order valence-corrected chi connectivity index (χ4v) is 2.43. The average molecular weight is 246 g/mol. The van der Waals surface area contributed by atoms with E-state index < -0.39 is 0 Å². The average Bonchev–Trinajstić information content (AvgIpc) is 2.66. The van der Waals surface area contributed by atoms with Crippen molar-refractivity contribution >= 4 is 5.91 Å². The van der Waals surface area contributed by atoms with Gasteiger partial charge in [-0.3, -0.25) is 4.79 Å². The van der Waals surface area contributed by atoms with Gasteiger partial charge in [0.15, 0.2) is 0 Å². The minimum absolute atomic E-state index is 0.273. The monoisotopic (exact) mass is 246 g/mol. The molecule has 1 amide bonds. The summed E-state index contributed by atoms with van der Waals surface area (Å²) in [5, 5.41) is 3.53. The highest BCUT2D eigenvalue weighted by atomic mass is 16.2. The molecule has 1 aromatic rings. The maximum atomic E-state index is 12.0. The first kappa shape index (κ1) is 13.1. The first-order valence-corrected chi connectivity index (χ1v) is 6.87. The van der Waals surface area contributed by atoms with Gasteiger partial charge in [0, 0.05) is 25.6 Å². The summed E-state index contributed by atoms with van der Waals surface area (Å²) in [5.74, 6) is 0.294. The number of carbonyl (C=O) groups excluding carboxylic acids is 1. The summed E-state index contributed by atoms with van der Waals surface area (Å²) in [5.41, 5.74) is 1.27. The second-order valence-corrected chi connectivity index (χ2v) is 4.86. The molecule has 1 aromatic carbocycles. The Labute approximate surface area is 109 Å². The van der Waals surface area contributed by atoms with Crippen molar-refractivity contribution in [1.82, 2.24) is 10.2 Å². The first-order chi connectivity index (χ1) is 8.81. The quantitative estimate of drug-likeness (QED) is 0.888. The van der Waals surface area contributed by atoms with E-state index in [1.54, 1.807) is 0 Å². The van der Waals surface area contributed by atoms with Crippen molar-refractivity contribution in [1.29, 1.82) is 0 Å². The third-order valence-electron chi connectivity index (χ3n) is 3.42. The normalized spacial score (nSPS) is 20.5. The zero-order valence-corrected chi connectivity index (χ0v) is 11.1. The van der Waals surface area contributed by atoms with E-state index in [0.717, 1.165) is 32.5 Å². The number of hydrogen-bond donors (Lipinski definition) is 1. The van der Waals surface area contributed by atoms with E-state index in [1.165, 1.54) is 5.56 Å². The molecule has 1 N–H and O–H groups in total. The Bertz CT molecular complexity index is 377. The molecule has 0 aromatic heterocycles. The van der Waals surface area contributed by atoms with Crippen LogP contribution in [0, 0.1) is 0 Å². The minimum atomic E-state index is 0.273. The number of carbonyl (C=O) groups is 1. The van der Waals surface area contributed by atoms with Crippen LogP contribution in [0.25, 0.3) is 0 Å². The Hall–Kier alpha value is -1.35. The van der Waals surface area contributed by atoms with Crippen molar-refractivity contribution in [2.45, 2.75) is 32.2 Å². The molecule has 1 fully saturated rings. The summed E-state index contributed by atoms with van der Waals surface area (Å²) in [6, 6.07) is 10.7. The fraction of sp³-hybridized carbons (Fsp3) is 0.533. The van der Waals surface area contributed by atoms with Crippen molar-refractivity contribution in [2.75, 3.05) is 19.6 Å². The van der Waals surface area contributed by atoms with E-state index in [9.17, 15) is 4.79 Å². The Morgan fingerprint density at radius 3 is 2.89 bits per heavy atom. The maximum absolute atomic E-state index is 12.0. The third kappa shape index (κ3) is 3.33. The number of amides is 1. The molecule has 1 aliphatic rings. The molecule has 0 bridgehead atoms. The molecule has 1 heterocycles. The lowest BCUT2D eigenvalue weighted by Crippen LogP contribution is -2.35. The highest BCUT2D eigenvalue weighted by Crippen LogP contribution is 2.17. The van der Waals surface area contributed by atoms with Crippen LogP contribution in [0.1, 0.15) is 37.8 Å². The molecule has 0 saturated carbocycles. The van der Waals surface area contributed by atoms with Crippen molar-refractivity contribution in [3.63, 3.8) is 0 Å². The van der Waals surface area contributed by atoms with Crippen molar-refractivity contribution in [2.24, 2.45) is 0 Å². The van der Waals surface area contributed by atoms with Gasteiger partial charge in [-0.1, -0.05) is 37.3 Å². The summed E-state index contributed by atoms with van der Waals surface area (Å²) in [6.45, 7) is 4.72. The van der Waals surface area contributed by atoms with E-state index >= 15 is 0 Å². The van der Waals surface area contributed by atoms with Gasteiger partial charge in [0.25, 0.3) is 0 Å². The van der Waals surface area contributed by atoms with Gasteiger partial charge in [-0.05, 0) is 24.9 Å². The highest BCUT2D eigenvalue weighted by Gasteiger charge is 2.21. The van der Waals surface area contributed by atoms with Gasteiger partial charge in [-0.25, -0.2) is 0 Å². The van der Waals surface area contributed by atoms with Crippen LogP contribution in [0.15, 0.2) is 30.3 Å². The SMILES string of the molecule is CCCC(=O)N1CCCNC(c2ccccc2)C1. The summed E-state index contributed by atoms with van der Waals surface area (Å²) in [4.78, 5) is 14.0. The smallest absolute Gasteiger partial charge is 0.222 e. The molecular weight excluding hydrogens is 224 g/mol. The van der Waals surface area contributed by atoms with Crippen LogP contribution in [-0.2, 0) is 4.79 Å². The van der Waals surface area contributed by atoms with Crippen molar-refractivity contribution in [3.8, 4) is 0 Å². The van der Waals surface area contributed by atoms with Gasteiger partial charge in [0.1, 0.15) is 0 Å².